The number of hydrogen-bond acceptors (Lipinski definition) is 2. The van der Waals surface area contributed by atoms with Gasteiger partial charge in [-0.15, -0.1) is 6.58 Å². The van der Waals surface area contributed by atoms with Crippen LogP contribution >= 0.6 is 0 Å². The zero-order valence-corrected chi connectivity index (χ0v) is 14.3. The third-order valence-corrected chi connectivity index (χ3v) is 13.3. The van der Waals surface area contributed by atoms with Gasteiger partial charge in [0.05, 0.1) is 0 Å². The molecule has 0 amide bonds. The van der Waals surface area contributed by atoms with Gasteiger partial charge in [-0.25, -0.2) is 0 Å². The molecule has 2 nitrogen and oxygen atoms in total. The Labute approximate surface area is 98.2 Å². The first kappa shape index (κ1) is 15.3. The van der Waals surface area contributed by atoms with Crippen LogP contribution in [0.3, 0.4) is 0 Å². The summed E-state index contributed by atoms with van der Waals surface area (Å²) in [7, 11) is -5.17. The van der Waals surface area contributed by atoms with Gasteiger partial charge in [-0.3, -0.25) is 0 Å². The highest BCUT2D eigenvalue weighted by Gasteiger charge is 2.37. The van der Waals surface area contributed by atoms with Crippen molar-refractivity contribution in [3.63, 3.8) is 0 Å². The molecule has 0 aliphatic rings. The van der Waals surface area contributed by atoms with E-state index in [-0.39, 0.29) is 0 Å². The predicted octanol–water partition coefficient (Wildman–Crippen LogP) is 3.88. The maximum absolute atomic E-state index is 6.25. The van der Waals surface area contributed by atoms with E-state index in [4.69, 9.17) is 8.23 Å². The van der Waals surface area contributed by atoms with E-state index >= 15 is 0 Å². The van der Waals surface area contributed by atoms with Gasteiger partial charge in [-0.2, -0.15) is 0 Å². The Balaban J connectivity index is 4.50. The molecule has 0 aromatic rings. The molecule has 0 aromatic carbocycles. The minimum Gasteiger partial charge on any atom is -0.437 e. The fourth-order valence-corrected chi connectivity index (χ4v) is 13.3. The highest BCUT2D eigenvalue weighted by molar-refractivity contribution is 6.89. The molecule has 0 saturated heterocycles. The Morgan fingerprint density at radius 1 is 1.00 bits per heavy atom. The van der Waals surface area contributed by atoms with E-state index in [1.54, 1.807) is 0 Å². The molecule has 0 aliphatic carbocycles. The van der Waals surface area contributed by atoms with E-state index in [1.807, 2.05) is 5.70 Å². The van der Waals surface area contributed by atoms with Crippen LogP contribution in [0.5, 0.6) is 0 Å². The average Bonchev–Trinajstić information content (AvgIpc) is 2.00. The average molecular weight is 263 g/mol. The maximum Gasteiger partial charge on any atom is 0.311 e. The Morgan fingerprint density at radius 2 is 1.47 bits per heavy atom. The van der Waals surface area contributed by atoms with Crippen molar-refractivity contribution in [2.24, 2.45) is 0 Å². The van der Waals surface area contributed by atoms with Crippen LogP contribution in [0.4, 0.5) is 0 Å². The second-order valence-electron chi connectivity index (χ2n) is 5.52. The van der Waals surface area contributed by atoms with Crippen molar-refractivity contribution in [2.45, 2.75) is 52.2 Å². The fraction of sp³-hybridized carbons (Fsp3) is 0.800. The largest absolute Gasteiger partial charge is 0.437 e. The summed E-state index contributed by atoms with van der Waals surface area (Å²) < 4.78 is 12.4. The zero-order valence-electron chi connectivity index (χ0n) is 11.3. The van der Waals surface area contributed by atoms with Gasteiger partial charge < -0.3 is 8.23 Å². The van der Waals surface area contributed by atoms with Gasteiger partial charge in [0, 0.05) is 0 Å². The van der Waals surface area contributed by atoms with Crippen molar-refractivity contribution in [1.82, 2.24) is 0 Å². The van der Waals surface area contributed by atoms with E-state index in [0.29, 0.717) is 0 Å². The lowest BCUT2D eigenvalue weighted by Crippen LogP contribution is -2.51. The summed E-state index contributed by atoms with van der Waals surface area (Å²) in [4.78, 5) is 0. The molecule has 15 heavy (non-hydrogen) atoms. The first-order valence-electron chi connectivity index (χ1n) is 5.57. The van der Waals surface area contributed by atoms with Crippen LogP contribution in [-0.2, 0) is 8.23 Å². The summed E-state index contributed by atoms with van der Waals surface area (Å²) >= 11 is 0. The van der Waals surface area contributed by atoms with Crippen LogP contribution in [-0.4, -0.2) is 25.2 Å². The third kappa shape index (κ3) is 6.47. The molecule has 0 fully saturated rings. The Kier molecular flexibility index (Phi) is 5.20. The van der Waals surface area contributed by atoms with Crippen LogP contribution in [0.15, 0.2) is 12.3 Å². The monoisotopic (exact) mass is 262 g/mol. The van der Waals surface area contributed by atoms with Crippen molar-refractivity contribution < 1.29 is 8.23 Å². The molecule has 5 heteroatoms. The van der Waals surface area contributed by atoms with E-state index in [0.717, 1.165) is 6.04 Å². The molecule has 0 atom stereocenters. The summed E-state index contributed by atoms with van der Waals surface area (Å²) in [6.45, 7) is 19.2. The molecule has 0 aliphatic heterocycles. The van der Waals surface area contributed by atoms with Gasteiger partial charge in [0.15, 0.2) is 16.6 Å². The molecule has 0 saturated carbocycles. The van der Waals surface area contributed by atoms with Crippen LogP contribution in [0.25, 0.3) is 0 Å². The van der Waals surface area contributed by atoms with Crippen LogP contribution < -0.4 is 0 Å². The predicted molar refractivity (Wildman–Crippen MR) is 75.3 cm³/mol. The topological polar surface area (TPSA) is 18.5 Å². The van der Waals surface area contributed by atoms with E-state index in [2.05, 4.69) is 52.8 Å². The van der Waals surface area contributed by atoms with Gasteiger partial charge in [0.2, 0.25) is 0 Å². The minimum atomic E-state index is -1.96. The molecule has 0 heterocycles. The van der Waals surface area contributed by atoms with Crippen molar-refractivity contribution in [2.75, 3.05) is 0 Å². The first-order valence-corrected chi connectivity index (χ1v) is 14.5. The SMILES string of the molecule is C=C[Si](C)(C)O[Si](C)(C)O[Si](C)(C)CC. The van der Waals surface area contributed by atoms with Crippen molar-refractivity contribution in [3.8, 4) is 0 Å². The van der Waals surface area contributed by atoms with Gasteiger partial charge in [0.25, 0.3) is 0 Å². The van der Waals surface area contributed by atoms with Crippen LogP contribution in [0.2, 0.25) is 45.3 Å². The summed E-state index contributed by atoms with van der Waals surface area (Å²) in [6.07, 6.45) is 0. The Bertz CT molecular complexity index is 225. The fourth-order valence-electron chi connectivity index (χ4n) is 1.43. The highest BCUT2D eigenvalue weighted by atomic mass is 28.5. The molecule has 0 unspecified atom stereocenters. The van der Waals surface area contributed by atoms with Crippen LogP contribution in [0, 0.1) is 0 Å². The first-order chi connectivity index (χ1) is 6.54. The summed E-state index contributed by atoms with van der Waals surface area (Å²) in [6, 6.07) is 1.14. The van der Waals surface area contributed by atoms with Crippen molar-refractivity contribution >= 4 is 25.2 Å². The second kappa shape index (κ2) is 5.09. The lowest BCUT2D eigenvalue weighted by Gasteiger charge is -2.37. The Hall–Kier alpha value is 0.311. The summed E-state index contributed by atoms with van der Waals surface area (Å²) in [5.74, 6) is 0. The maximum atomic E-state index is 6.25. The number of hydrogen-bond donors (Lipinski definition) is 0. The molecule has 0 aromatic heterocycles. The lowest BCUT2D eigenvalue weighted by atomic mass is 11.0. The zero-order chi connectivity index (χ0) is 12.3. The molecule has 0 bridgehead atoms. The Morgan fingerprint density at radius 3 is 1.80 bits per heavy atom. The molecule has 0 N–H and O–H groups in total. The van der Waals surface area contributed by atoms with E-state index in [9.17, 15) is 0 Å². The van der Waals surface area contributed by atoms with Crippen molar-refractivity contribution in [3.05, 3.63) is 12.3 Å². The lowest BCUT2D eigenvalue weighted by molar-refractivity contribution is 0.395. The minimum absolute atomic E-state index is 1.14. The highest BCUT2D eigenvalue weighted by Crippen LogP contribution is 2.22. The standard InChI is InChI=1S/C10H26O2Si3/c1-9-13(3,4)11-15(7,8)12-14(5,6)10-2/h9H,1,10H2,2-8H3. The number of rotatable bonds is 6. The summed E-state index contributed by atoms with van der Waals surface area (Å²) in [5.41, 5.74) is 1.98. The second-order valence-corrected chi connectivity index (χ2v) is 17.8. The van der Waals surface area contributed by atoms with Gasteiger partial charge in [0.1, 0.15) is 0 Å². The smallest absolute Gasteiger partial charge is 0.311 e. The van der Waals surface area contributed by atoms with Gasteiger partial charge in [-0.05, 0) is 45.3 Å². The molecule has 90 valence electrons. The van der Waals surface area contributed by atoms with Gasteiger partial charge >= 0.3 is 8.56 Å². The van der Waals surface area contributed by atoms with Gasteiger partial charge in [-0.1, -0.05) is 12.6 Å². The molecular weight excluding hydrogens is 236 g/mol. The van der Waals surface area contributed by atoms with Crippen molar-refractivity contribution in [1.29, 1.82) is 0 Å². The normalized spacial score (nSPS) is 14.1. The molecule has 0 spiro atoms. The van der Waals surface area contributed by atoms with Crippen LogP contribution in [0.1, 0.15) is 6.92 Å². The quantitative estimate of drug-likeness (QED) is 0.677. The van der Waals surface area contributed by atoms with E-state index < -0.39 is 25.2 Å². The molecule has 0 rings (SSSR count). The molecule has 0 radical (unpaired) electrons. The van der Waals surface area contributed by atoms with E-state index in [1.165, 1.54) is 0 Å². The summed E-state index contributed by atoms with van der Waals surface area (Å²) in [5, 5.41) is 0. The molecular formula is C10H26O2Si3. The third-order valence-electron chi connectivity index (χ3n) is 2.37.